The van der Waals surface area contributed by atoms with E-state index in [4.69, 9.17) is 4.74 Å². The molecule has 0 saturated carbocycles. The molecule has 8 heteroatoms. The number of amides is 2. The second-order valence-electron chi connectivity index (χ2n) is 6.49. The van der Waals surface area contributed by atoms with Gasteiger partial charge in [-0.1, -0.05) is 19.1 Å². The topological polar surface area (TPSA) is 92.8 Å². The molecule has 0 spiro atoms. The van der Waals surface area contributed by atoms with Crippen LogP contribution < -0.4 is 15.0 Å². The molecule has 2 aromatic carbocycles. The van der Waals surface area contributed by atoms with Crippen molar-refractivity contribution in [2.24, 2.45) is 5.92 Å². The third-order valence-corrected chi connectivity index (χ3v) is 6.53. The normalized spacial score (nSPS) is 16.9. The highest BCUT2D eigenvalue weighted by atomic mass is 32.2. The Morgan fingerprint density at radius 3 is 2.50 bits per heavy atom. The fourth-order valence-corrected chi connectivity index (χ4v) is 4.18. The number of rotatable bonds is 6. The minimum Gasteiger partial charge on any atom is -0.497 e. The summed E-state index contributed by atoms with van der Waals surface area (Å²) in [6.07, 6.45) is 0.0700. The summed E-state index contributed by atoms with van der Waals surface area (Å²) in [6.45, 7) is 1.79. The summed E-state index contributed by atoms with van der Waals surface area (Å²) in [5, 5.41) is 2.69. The standard InChI is InChI=1S/C20H22N2O5S/c1-3-28(25,26)18-7-5-4-6-17(18)21-20(24)14-12-19(23)22(13-14)15-8-10-16(27-2)11-9-15/h4-11,14H,3,12-13H2,1-2H3,(H,21,24). The van der Waals surface area contributed by atoms with E-state index in [1.807, 2.05) is 0 Å². The van der Waals surface area contributed by atoms with Gasteiger partial charge in [-0.3, -0.25) is 9.59 Å². The lowest BCUT2D eigenvalue weighted by atomic mass is 10.1. The van der Waals surface area contributed by atoms with Crippen molar-refractivity contribution in [1.29, 1.82) is 0 Å². The number of methoxy groups -OCH3 is 1. The lowest BCUT2D eigenvalue weighted by Gasteiger charge is -2.17. The molecule has 1 heterocycles. The Morgan fingerprint density at radius 1 is 1.18 bits per heavy atom. The Labute approximate surface area is 164 Å². The average Bonchev–Trinajstić information content (AvgIpc) is 3.10. The van der Waals surface area contributed by atoms with Gasteiger partial charge in [0.1, 0.15) is 5.75 Å². The van der Waals surface area contributed by atoms with Gasteiger partial charge in [-0.25, -0.2) is 8.42 Å². The summed E-state index contributed by atoms with van der Waals surface area (Å²) in [7, 11) is -1.91. The highest BCUT2D eigenvalue weighted by molar-refractivity contribution is 7.91. The number of sulfone groups is 1. The molecular weight excluding hydrogens is 380 g/mol. The summed E-state index contributed by atoms with van der Waals surface area (Å²) in [5.41, 5.74) is 0.930. The van der Waals surface area contributed by atoms with Crippen molar-refractivity contribution in [2.45, 2.75) is 18.2 Å². The van der Waals surface area contributed by atoms with Crippen molar-refractivity contribution in [3.05, 3.63) is 48.5 Å². The summed E-state index contributed by atoms with van der Waals surface area (Å²) in [6, 6.07) is 13.3. The van der Waals surface area contributed by atoms with Crippen LogP contribution in [-0.4, -0.2) is 39.6 Å². The van der Waals surface area contributed by atoms with E-state index in [2.05, 4.69) is 5.32 Å². The number of nitrogens with zero attached hydrogens (tertiary/aromatic N) is 1. The molecule has 0 radical (unpaired) electrons. The first-order valence-electron chi connectivity index (χ1n) is 8.92. The lowest BCUT2D eigenvalue weighted by molar-refractivity contribution is -0.122. The van der Waals surface area contributed by atoms with E-state index in [9.17, 15) is 18.0 Å². The number of benzene rings is 2. The third kappa shape index (κ3) is 4.01. The molecule has 2 aromatic rings. The zero-order chi connectivity index (χ0) is 20.3. The zero-order valence-corrected chi connectivity index (χ0v) is 16.5. The third-order valence-electron chi connectivity index (χ3n) is 4.74. The Kier molecular flexibility index (Phi) is 5.69. The van der Waals surface area contributed by atoms with E-state index in [0.29, 0.717) is 11.4 Å². The maximum absolute atomic E-state index is 12.7. The smallest absolute Gasteiger partial charge is 0.229 e. The summed E-state index contributed by atoms with van der Waals surface area (Å²) in [5.74, 6) is -0.471. The zero-order valence-electron chi connectivity index (χ0n) is 15.7. The van der Waals surface area contributed by atoms with Gasteiger partial charge >= 0.3 is 0 Å². The molecule has 148 valence electrons. The first-order valence-corrected chi connectivity index (χ1v) is 10.6. The predicted octanol–water partition coefficient (Wildman–Crippen LogP) is 2.48. The highest BCUT2D eigenvalue weighted by Gasteiger charge is 2.35. The summed E-state index contributed by atoms with van der Waals surface area (Å²) >= 11 is 0. The van der Waals surface area contributed by atoms with Crippen LogP contribution in [0, 0.1) is 5.92 Å². The number of hydrogen-bond acceptors (Lipinski definition) is 5. The van der Waals surface area contributed by atoms with Gasteiger partial charge in [0.25, 0.3) is 0 Å². The van der Waals surface area contributed by atoms with E-state index in [-0.39, 0.29) is 41.1 Å². The second-order valence-corrected chi connectivity index (χ2v) is 8.74. The lowest BCUT2D eigenvalue weighted by Crippen LogP contribution is -2.28. The van der Waals surface area contributed by atoms with Crippen LogP contribution in [0.1, 0.15) is 13.3 Å². The summed E-state index contributed by atoms with van der Waals surface area (Å²) in [4.78, 5) is 26.7. The highest BCUT2D eigenvalue weighted by Crippen LogP contribution is 2.29. The molecule has 7 nitrogen and oxygen atoms in total. The quantitative estimate of drug-likeness (QED) is 0.801. The summed E-state index contributed by atoms with van der Waals surface area (Å²) < 4.78 is 29.6. The molecule has 1 aliphatic rings. The molecule has 2 amide bonds. The Hall–Kier alpha value is -2.87. The SMILES string of the molecule is CCS(=O)(=O)c1ccccc1NC(=O)C1CC(=O)N(c2ccc(OC)cc2)C1. The van der Waals surface area contributed by atoms with Gasteiger partial charge in [0.2, 0.25) is 11.8 Å². The van der Waals surface area contributed by atoms with E-state index in [1.165, 1.54) is 6.07 Å². The van der Waals surface area contributed by atoms with Crippen LogP contribution in [0.15, 0.2) is 53.4 Å². The second kappa shape index (κ2) is 8.02. The van der Waals surface area contributed by atoms with Gasteiger partial charge in [-0.2, -0.15) is 0 Å². The van der Waals surface area contributed by atoms with Gasteiger partial charge in [-0.15, -0.1) is 0 Å². The van der Waals surface area contributed by atoms with Crippen molar-refractivity contribution in [2.75, 3.05) is 29.6 Å². The van der Waals surface area contributed by atoms with Crippen LogP contribution in [-0.2, 0) is 19.4 Å². The number of anilines is 2. The number of nitrogens with one attached hydrogen (secondary N) is 1. The van der Waals surface area contributed by atoms with E-state index >= 15 is 0 Å². The monoisotopic (exact) mass is 402 g/mol. The molecule has 3 rings (SSSR count). The van der Waals surface area contributed by atoms with Crippen molar-refractivity contribution < 1.29 is 22.7 Å². The first kappa shape index (κ1) is 19.9. The minimum atomic E-state index is -3.47. The number of hydrogen-bond donors (Lipinski definition) is 1. The molecule has 1 aliphatic heterocycles. The van der Waals surface area contributed by atoms with Crippen LogP contribution in [0.4, 0.5) is 11.4 Å². The van der Waals surface area contributed by atoms with Gasteiger partial charge in [-0.05, 0) is 36.4 Å². The van der Waals surface area contributed by atoms with Crippen molar-refractivity contribution in [3.63, 3.8) is 0 Å². The fraction of sp³-hybridized carbons (Fsp3) is 0.300. The molecular formula is C20H22N2O5S. The predicted molar refractivity (Wildman–Crippen MR) is 106 cm³/mol. The first-order chi connectivity index (χ1) is 13.4. The number of carbonyl (C=O) groups is 2. The van der Waals surface area contributed by atoms with E-state index < -0.39 is 15.8 Å². The molecule has 1 unspecified atom stereocenters. The molecule has 1 atom stereocenters. The fourth-order valence-electron chi connectivity index (χ4n) is 3.13. The van der Waals surface area contributed by atoms with E-state index in [1.54, 1.807) is 61.4 Å². The number of ether oxygens (including phenoxy) is 1. The maximum Gasteiger partial charge on any atom is 0.229 e. The molecule has 1 fully saturated rings. The number of carbonyl (C=O) groups excluding carboxylic acids is 2. The van der Waals surface area contributed by atoms with Crippen molar-refractivity contribution in [3.8, 4) is 5.75 Å². The average molecular weight is 402 g/mol. The van der Waals surface area contributed by atoms with Gasteiger partial charge in [0, 0.05) is 18.7 Å². The maximum atomic E-state index is 12.7. The largest absolute Gasteiger partial charge is 0.497 e. The molecule has 28 heavy (non-hydrogen) atoms. The molecule has 0 aromatic heterocycles. The Morgan fingerprint density at radius 2 is 1.86 bits per heavy atom. The molecule has 0 aliphatic carbocycles. The van der Waals surface area contributed by atoms with Crippen LogP contribution >= 0.6 is 0 Å². The van der Waals surface area contributed by atoms with Gasteiger partial charge in [0.15, 0.2) is 9.84 Å². The molecule has 1 N–H and O–H groups in total. The number of para-hydroxylation sites is 1. The van der Waals surface area contributed by atoms with Crippen LogP contribution in [0.3, 0.4) is 0 Å². The minimum absolute atomic E-state index is 0.0625. The van der Waals surface area contributed by atoms with Crippen LogP contribution in [0.5, 0.6) is 5.75 Å². The van der Waals surface area contributed by atoms with Crippen LogP contribution in [0.2, 0.25) is 0 Å². The van der Waals surface area contributed by atoms with E-state index in [0.717, 1.165) is 0 Å². The molecule has 1 saturated heterocycles. The van der Waals surface area contributed by atoms with Crippen LogP contribution in [0.25, 0.3) is 0 Å². The van der Waals surface area contributed by atoms with Crippen molar-refractivity contribution >= 4 is 33.0 Å². The Balaban J connectivity index is 1.75. The van der Waals surface area contributed by atoms with Gasteiger partial charge < -0.3 is 15.0 Å². The van der Waals surface area contributed by atoms with Gasteiger partial charge in [0.05, 0.1) is 29.4 Å². The Bertz CT molecular complexity index is 986. The molecule has 0 bridgehead atoms. The van der Waals surface area contributed by atoms with Crippen molar-refractivity contribution in [1.82, 2.24) is 0 Å².